The summed E-state index contributed by atoms with van der Waals surface area (Å²) in [5.74, 6) is 0.148. The van der Waals surface area contributed by atoms with Crippen molar-refractivity contribution in [2.45, 2.75) is 24.9 Å². The fourth-order valence-electron chi connectivity index (χ4n) is 1.02. The Morgan fingerprint density at radius 3 is 2.62 bits per heavy atom. The quantitative estimate of drug-likeness (QED) is 0.673. The number of rotatable bonds is 1. The van der Waals surface area contributed by atoms with Gasteiger partial charge in [0, 0.05) is 5.92 Å². The van der Waals surface area contributed by atoms with Crippen molar-refractivity contribution in [3.63, 3.8) is 0 Å². The Morgan fingerprint density at radius 1 is 1.38 bits per heavy atom. The molecule has 1 aromatic rings. The lowest BCUT2D eigenvalue weighted by Crippen LogP contribution is -2.09. The van der Waals surface area contributed by atoms with E-state index in [2.05, 4.69) is 16.2 Å². The molecule has 0 spiro atoms. The van der Waals surface area contributed by atoms with Crippen LogP contribution in [-0.4, -0.2) is 9.97 Å². The van der Waals surface area contributed by atoms with E-state index in [0.29, 0.717) is 11.9 Å². The predicted molar refractivity (Wildman–Crippen MR) is 37.8 cm³/mol. The highest BCUT2D eigenvalue weighted by Gasteiger charge is 2.35. The van der Waals surface area contributed by atoms with Gasteiger partial charge in [0.05, 0.1) is 11.9 Å². The largest absolute Gasteiger partial charge is 0.434 e. The summed E-state index contributed by atoms with van der Waals surface area (Å²) in [6.45, 7) is 0. The van der Waals surface area contributed by atoms with Crippen LogP contribution in [0.1, 0.15) is 30.1 Å². The summed E-state index contributed by atoms with van der Waals surface area (Å²) in [7, 11) is 0. The number of nitrogens with zero attached hydrogens (tertiary/aromatic N) is 2. The lowest BCUT2D eigenvalue weighted by molar-refractivity contribution is -0.141. The average Bonchev–Trinajstić information content (AvgIpc) is 2.85. The number of hydrogen-bond donors (Lipinski definition) is 0. The minimum absolute atomic E-state index is 0.148. The molecule has 0 N–H and O–H groups in total. The zero-order valence-corrected chi connectivity index (χ0v) is 6.60. The molecular formula is C8H6F3N2. The van der Waals surface area contributed by atoms with Gasteiger partial charge in [-0.1, -0.05) is 0 Å². The molecule has 69 valence electrons. The van der Waals surface area contributed by atoms with Gasteiger partial charge in [-0.25, -0.2) is 4.98 Å². The van der Waals surface area contributed by atoms with Crippen LogP contribution in [0.25, 0.3) is 0 Å². The zero-order chi connectivity index (χ0) is 9.47. The van der Waals surface area contributed by atoms with E-state index in [1.165, 1.54) is 0 Å². The Morgan fingerprint density at radius 2 is 2.08 bits per heavy atom. The van der Waals surface area contributed by atoms with Crippen LogP contribution in [0.3, 0.4) is 0 Å². The van der Waals surface area contributed by atoms with Crippen LogP contribution in [0.2, 0.25) is 0 Å². The maximum atomic E-state index is 12.1. The molecule has 2 rings (SSSR count). The summed E-state index contributed by atoms with van der Waals surface area (Å²) < 4.78 is 36.4. The topological polar surface area (TPSA) is 25.8 Å². The maximum Gasteiger partial charge on any atom is 0.434 e. The molecule has 1 fully saturated rings. The highest BCUT2D eigenvalue weighted by atomic mass is 19.4. The second kappa shape index (κ2) is 2.68. The van der Waals surface area contributed by atoms with Crippen LogP contribution < -0.4 is 0 Å². The molecule has 1 heterocycles. The van der Waals surface area contributed by atoms with Crippen LogP contribution >= 0.6 is 0 Å². The van der Waals surface area contributed by atoms with Gasteiger partial charge >= 0.3 is 6.18 Å². The molecule has 1 aromatic heterocycles. The summed E-state index contributed by atoms with van der Waals surface area (Å²) in [5, 5.41) is 0. The molecule has 1 saturated carbocycles. The summed E-state index contributed by atoms with van der Waals surface area (Å²) >= 11 is 0. The Bertz CT molecular complexity index is 317. The first-order valence-corrected chi connectivity index (χ1v) is 3.89. The third-order valence-corrected chi connectivity index (χ3v) is 1.86. The van der Waals surface area contributed by atoms with Crippen LogP contribution in [0.15, 0.2) is 6.20 Å². The van der Waals surface area contributed by atoms with E-state index < -0.39 is 11.9 Å². The number of hydrogen-bond acceptors (Lipinski definition) is 2. The van der Waals surface area contributed by atoms with Crippen molar-refractivity contribution in [2.75, 3.05) is 0 Å². The van der Waals surface area contributed by atoms with Crippen molar-refractivity contribution in [1.82, 2.24) is 9.97 Å². The lowest BCUT2D eigenvalue weighted by Gasteiger charge is -2.05. The summed E-state index contributed by atoms with van der Waals surface area (Å²) in [6, 6.07) is 0. The van der Waals surface area contributed by atoms with E-state index in [4.69, 9.17) is 0 Å². The molecule has 1 aliphatic carbocycles. The highest BCUT2D eigenvalue weighted by Crippen LogP contribution is 2.39. The lowest BCUT2D eigenvalue weighted by atomic mass is 10.3. The van der Waals surface area contributed by atoms with Crippen molar-refractivity contribution in [2.24, 2.45) is 0 Å². The first kappa shape index (κ1) is 8.47. The predicted octanol–water partition coefficient (Wildman–Crippen LogP) is 2.17. The molecule has 1 radical (unpaired) electrons. The van der Waals surface area contributed by atoms with Gasteiger partial charge in [-0.05, 0) is 12.8 Å². The molecule has 0 aliphatic heterocycles. The van der Waals surface area contributed by atoms with Gasteiger partial charge in [-0.2, -0.15) is 13.2 Å². The third-order valence-electron chi connectivity index (χ3n) is 1.86. The number of aromatic nitrogens is 2. The van der Waals surface area contributed by atoms with Gasteiger partial charge in [-0.15, -0.1) is 0 Å². The molecular weight excluding hydrogens is 181 g/mol. The Balaban J connectivity index is 2.32. The van der Waals surface area contributed by atoms with Crippen molar-refractivity contribution >= 4 is 0 Å². The maximum absolute atomic E-state index is 12.1. The molecule has 0 unspecified atom stereocenters. The fraction of sp³-hybridized carbons (Fsp3) is 0.500. The van der Waals surface area contributed by atoms with E-state index in [0.717, 1.165) is 12.8 Å². The van der Waals surface area contributed by atoms with Crippen molar-refractivity contribution in [3.8, 4) is 0 Å². The highest BCUT2D eigenvalue weighted by molar-refractivity contribution is 5.13. The van der Waals surface area contributed by atoms with Crippen LogP contribution in [0.5, 0.6) is 0 Å². The van der Waals surface area contributed by atoms with E-state index in [9.17, 15) is 13.2 Å². The van der Waals surface area contributed by atoms with Gasteiger partial charge in [0.15, 0.2) is 5.69 Å². The van der Waals surface area contributed by atoms with E-state index in [1.54, 1.807) is 0 Å². The molecule has 0 aromatic carbocycles. The Hall–Kier alpha value is -1.13. The Kier molecular flexibility index (Phi) is 1.75. The normalized spacial score (nSPS) is 17.5. The second-order valence-electron chi connectivity index (χ2n) is 3.02. The SMILES string of the molecule is FC(F)(F)c1cn[c]c(C2CC2)n1. The molecule has 2 nitrogen and oxygen atoms in total. The molecule has 0 atom stereocenters. The van der Waals surface area contributed by atoms with E-state index in [-0.39, 0.29) is 5.92 Å². The van der Waals surface area contributed by atoms with E-state index >= 15 is 0 Å². The summed E-state index contributed by atoms with van der Waals surface area (Å²) in [6.07, 6.45) is 0.576. The first-order valence-electron chi connectivity index (χ1n) is 3.89. The molecule has 5 heteroatoms. The molecule has 0 amide bonds. The van der Waals surface area contributed by atoms with Crippen LogP contribution in [-0.2, 0) is 6.18 Å². The van der Waals surface area contributed by atoms with Crippen molar-refractivity contribution in [3.05, 3.63) is 23.8 Å². The van der Waals surface area contributed by atoms with E-state index in [1.807, 2.05) is 0 Å². The summed E-state index contributed by atoms with van der Waals surface area (Å²) in [5.41, 5.74) is -0.581. The number of halogens is 3. The fourth-order valence-corrected chi connectivity index (χ4v) is 1.02. The Labute approximate surface area is 72.8 Å². The average molecular weight is 187 g/mol. The zero-order valence-electron chi connectivity index (χ0n) is 6.60. The van der Waals surface area contributed by atoms with Gasteiger partial charge < -0.3 is 0 Å². The number of alkyl halides is 3. The minimum Gasteiger partial charge on any atom is -0.250 e. The van der Waals surface area contributed by atoms with Gasteiger partial charge in [-0.3, -0.25) is 4.98 Å². The van der Waals surface area contributed by atoms with Crippen LogP contribution in [0, 0.1) is 6.20 Å². The van der Waals surface area contributed by atoms with Crippen LogP contribution in [0.4, 0.5) is 13.2 Å². The van der Waals surface area contributed by atoms with Gasteiger partial charge in [0.2, 0.25) is 0 Å². The van der Waals surface area contributed by atoms with Gasteiger partial charge in [0.1, 0.15) is 6.20 Å². The minimum atomic E-state index is -4.40. The monoisotopic (exact) mass is 187 g/mol. The molecule has 1 aliphatic rings. The summed E-state index contributed by atoms with van der Waals surface area (Å²) in [4.78, 5) is 6.87. The third kappa shape index (κ3) is 1.79. The first-order chi connectivity index (χ1) is 6.07. The molecule has 0 bridgehead atoms. The van der Waals surface area contributed by atoms with Crippen molar-refractivity contribution in [1.29, 1.82) is 0 Å². The standard InChI is InChI=1S/C8H6F3N2/c9-8(10,11)7-4-12-3-6(13-7)5-1-2-5/h4-5H,1-2H2. The molecule has 13 heavy (non-hydrogen) atoms. The van der Waals surface area contributed by atoms with Crippen molar-refractivity contribution < 1.29 is 13.2 Å². The smallest absolute Gasteiger partial charge is 0.250 e. The molecule has 0 saturated heterocycles. The second-order valence-corrected chi connectivity index (χ2v) is 3.02. The van der Waals surface area contributed by atoms with Gasteiger partial charge in [0.25, 0.3) is 0 Å².